The molecule has 0 unspecified atom stereocenters. The Hall–Kier alpha value is -4.28. The second-order valence-electron chi connectivity index (χ2n) is 8.83. The van der Waals surface area contributed by atoms with E-state index >= 15 is 0 Å². The van der Waals surface area contributed by atoms with E-state index in [4.69, 9.17) is 16.3 Å². The van der Waals surface area contributed by atoms with Crippen LogP contribution >= 0.6 is 11.6 Å². The minimum absolute atomic E-state index is 0.119. The maximum absolute atomic E-state index is 12.9. The Morgan fingerprint density at radius 1 is 0.811 bits per heavy atom. The number of aromatic nitrogens is 1. The van der Waals surface area contributed by atoms with Crippen LogP contribution in [0.5, 0.6) is 5.75 Å². The van der Waals surface area contributed by atoms with E-state index in [1.807, 2.05) is 110 Å². The van der Waals surface area contributed by atoms with Gasteiger partial charge in [-0.25, -0.2) is 0 Å². The molecule has 5 heteroatoms. The highest BCUT2D eigenvalue weighted by atomic mass is 35.5. The van der Waals surface area contributed by atoms with Crippen LogP contribution in [0.2, 0.25) is 5.02 Å². The molecule has 5 aromatic rings. The molecule has 1 amide bonds. The molecule has 4 aromatic carbocycles. The molecule has 0 radical (unpaired) electrons. The first-order valence-corrected chi connectivity index (χ1v) is 12.5. The van der Waals surface area contributed by atoms with Crippen molar-refractivity contribution in [3.63, 3.8) is 0 Å². The lowest BCUT2D eigenvalue weighted by Gasteiger charge is -2.17. The van der Waals surface area contributed by atoms with Crippen LogP contribution in [0.4, 0.5) is 0 Å². The van der Waals surface area contributed by atoms with E-state index in [9.17, 15) is 4.79 Å². The molecular weight excluding hydrogens is 480 g/mol. The quantitative estimate of drug-likeness (QED) is 0.235. The second-order valence-corrected chi connectivity index (χ2v) is 9.27. The van der Waals surface area contributed by atoms with Gasteiger partial charge in [0, 0.05) is 34.1 Å². The van der Waals surface area contributed by atoms with E-state index in [0.29, 0.717) is 23.7 Å². The molecule has 0 bridgehead atoms. The first-order valence-electron chi connectivity index (χ1n) is 12.2. The highest BCUT2D eigenvalue weighted by Gasteiger charge is 2.16. The smallest absolute Gasteiger partial charge is 0.251 e. The summed E-state index contributed by atoms with van der Waals surface area (Å²) in [6, 6.07) is 37.4. The van der Waals surface area contributed by atoms with Gasteiger partial charge in [-0.2, -0.15) is 0 Å². The van der Waals surface area contributed by atoms with Crippen molar-refractivity contribution in [2.24, 2.45) is 0 Å². The standard InChI is InChI=1S/C32H27ClN2O2/c1-23-15-17-30(29-20-27(33)16-18-31(29)37-22-25-11-6-3-7-12-25)35(23)28-14-8-13-26(19-28)32(36)34-21-24-9-4-2-5-10-24/h2-20H,21-22H2,1H3,(H,34,36). The molecule has 0 atom stereocenters. The van der Waals surface area contributed by atoms with Crippen LogP contribution in [-0.4, -0.2) is 10.5 Å². The summed E-state index contributed by atoms with van der Waals surface area (Å²) in [5.41, 5.74) is 6.48. The monoisotopic (exact) mass is 506 g/mol. The summed E-state index contributed by atoms with van der Waals surface area (Å²) >= 11 is 6.42. The Morgan fingerprint density at radius 2 is 1.54 bits per heavy atom. The van der Waals surface area contributed by atoms with Crippen molar-refractivity contribution in [2.75, 3.05) is 0 Å². The third-order valence-electron chi connectivity index (χ3n) is 6.19. The fourth-order valence-corrected chi connectivity index (χ4v) is 4.49. The van der Waals surface area contributed by atoms with Gasteiger partial charge >= 0.3 is 0 Å². The average molecular weight is 507 g/mol. The predicted octanol–water partition coefficient (Wildman–Crippen LogP) is 7.62. The molecule has 184 valence electrons. The highest BCUT2D eigenvalue weighted by molar-refractivity contribution is 6.31. The molecule has 0 fully saturated rings. The molecule has 0 aliphatic carbocycles. The number of amides is 1. The number of nitrogens with one attached hydrogen (secondary N) is 1. The second kappa shape index (κ2) is 11.2. The van der Waals surface area contributed by atoms with Crippen LogP contribution in [0.15, 0.2) is 115 Å². The molecule has 0 saturated carbocycles. The van der Waals surface area contributed by atoms with Gasteiger partial charge < -0.3 is 14.6 Å². The molecule has 1 aromatic heterocycles. The normalized spacial score (nSPS) is 10.8. The summed E-state index contributed by atoms with van der Waals surface area (Å²) in [5, 5.41) is 3.64. The van der Waals surface area contributed by atoms with Gasteiger partial charge in [0.2, 0.25) is 0 Å². The third kappa shape index (κ3) is 5.76. The predicted molar refractivity (Wildman–Crippen MR) is 149 cm³/mol. The number of rotatable bonds is 8. The molecule has 1 N–H and O–H groups in total. The number of nitrogens with zero attached hydrogens (tertiary/aromatic N) is 1. The van der Waals surface area contributed by atoms with E-state index in [-0.39, 0.29) is 5.91 Å². The molecular formula is C32H27ClN2O2. The number of benzene rings is 4. The lowest BCUT2D eigenvalue weighted by molar-refractivity contribution is 0.0951. The van der Waals surface area contributed by atoms with Crippen molar-refractivity contribution in [1.82, 2.24) is 9.88 Å². The van der Waals surface area contributed by atoms with E-state index in [2.05, 4.69) is 22.0 Å². The molecule has 0 aliphatic rings. The Morgan fingerprint density at radius 3 is 2.30 bits per heavy atom. The average Bonchev–Trinajstić information content (AvgIpc) is 3.33. The molecule has 0 spiro atoms. The number of hydrogen-bond acceptors (Lipinski definition) is 2. The molecule has 4 nitrogen and oxygen atoms in total. The lowest BCUT2D eigenvalue weighted by atomic mass is 10.1. The SMILES string of the molecule is Cc1ccc(-c2cc(Cl)ccc2OCc2ccccc2)n1-c1cccc(C(=O)NCc2ccccc2)c1. The maximum atomic E-state index is 12.9. The van der Waals surface area contributed by atoms with Crippen LogP contribution in [0.1, 0.15) is 27.2 Å². The van der Waals surface area contributed by atoms with Gasteiger partial charge in [0.1, 0.15) is 12.4 Å². The van der Waals surface area contributed by atoms with Crippen molar-refractivity contribution in [1.29, 1.82) is 0 Å². The fourth-order valence-electron chi connectivity index (χ4n) is 4.32. The maximum Gasteiger partial charge on any atom is 0.251 e. The van der Waals surface area contributed by atoms with Crippen LogP contribution in [0.25, 0.3) is 16.9 Å². The van der Waals surface area contributed by atoms with Gasteiger partial charge in [0.05, 0.1) is 5.69 Å². The van der Waals surface area contributed by atoms with Crippen LogP contribution in [0, 0.1) is 6.92 Å². The van der Waals surface area contributed by atoms with Gasteiger partial charge in [0.15, 0.2) is 0 Å². The number of hydrogen-bond donors (Lipinski definition) is 1. The third-order valence-corrected chi connectivity index (χ3v) is 6.43. The van der Waals surface area contributed by atoms with Crippen molar-refractivity contribution < 1.29 is 9.53 Å². The summed E-state index contributed by atoms with van der Waals surface area (Å²) < 4.78 is 8.35. The molecule has 0 saturated heterocycles. The summed E-state index contributed by atoms with van der Waals surface area (Å²) in [7, 11) is 0. The van der Waals surface area contributed by atoms with Gasteiger partial charge in [-0.3, -0.25) is 4.79 Å². The first-order chi connectivity index (χ1) is 18.1. The van der Waals surface area contributed by atoms with Crippen molar-refractivity contribution in [2.45, 2.75) is 20.1 Å². The van der Waals surface area contributed by atoms with E-state index in [1.54, 1.807) is 0 Å². The summed E-state index contributed by atoms with van der Waals surface area (Å²) in [4.78, 5) is 12.9. The van der Waals surface area contributed by atoms with Gasteiger partial charge in [-0.05, 0) is 66.6 Å². The lowest BCUT2D eigenvalue weighted by Crippen LogP contribution is -2.22. The largest absolute Gasteiger partial charge is 0.488 e. The Kier molecular flexibility index (Phi) is 7.38. The highest BCUT2D eigenvalue weighted by Crippen LogP contribution is 2.36. The molecule has 37 heavy (non-hydrogen) atoms. The van der Waals surface area contributed by atoms with Gasteiger partial charge in [-0.1, -0.05) is 78.3 Å². The van der Waals surface area contributed by atoms with Crippen molar-refractivity contribution in [3.8, 4) is 22.7 Å². The molecule has 1 heterocycles. The fraction of sp³-hybridized carbons (Fsp3) is 0.0938. The minimum Gasteiger partial charge on any atom is -0.488 e. The van der Waals surface area contributed by atoms with E-state index in [1.165, 1.54) is 0 Å². The minimum atomic E-state index is -0.119. The number of carbonyl (C=O) groups excluding carboxylic acids is 1. The molecule has 5 rings (SSSR count). The Labute approximate surface area is 222 Å². The van der Waals surface area contributed by atoms with Crippen molar-refractivity contribution >= 4 is 17.5 Å². The number of aryl methyl sites for hydroxylation is 1. The van der Waals surface area contributed by atoms with Crippen LogP contribution in [0.3, 0.4) is 0 Å². The zero-order valence-corrected chi connectivity index (χ0v) is 21.3. The zero-order chi connectivity index (χ0) is 25.6. The number of halogens is 1. The van der Waals surface area contributed by atoms with Crippen LogP contribution < -0.4 is 10.1 Å². The summed E-state index contributed by atoms with van der Waals surface area (Å²) in [6.45, 7) is 2.97. The topological polar surface area (TPSA) is 43.3 Å². The number of ether oxygens (including phenoxy) is 1. The summed E-state index contributed by atoms with van der Waals surface area (Å²) in [5.74, 6) is 0.621. The van der Waals surface area contributed by atoms with Gasteiger partial charge in [0.25, 0.3) is 5.91 Å². The van der Waals surface area contributed by atoms with Crippen LogP contribution in [-0.2, 0) is 13.2 Å². The van der Waals surface area contributed by atoms with Gasteiger partial charge in [-0.15, -0.1) is 0 Å². The number of carbonyl (C=O) groups is 1. The molecule has 0 aliphatic heterocycles. The summed E-state index contributed by atoms with van der Waals surface area (Å²) in [6.07, 6.45) is 0. The Balaban J connectivity index is 1.44. The zero-order valence-electron chi connectivity index (χ0n) is 20.5. The Bertz CT molecular complexity index is 1510. The van der Waals surface area contributed by atoms with E-state index in [0.717, 1.165) is 39.5 Å². The first kappa shape index (κ1) is 24.4. The van der Waals surface area contributed by atoms with Crippen molar-refractivity contribution in [3.05, 3.63) is 143 Å². The van der Waals surface area contributed by atoms with E-state index < -0.39 is 0 Å².